The predicted molar refractivity (Wildman–Crippen MR) is 57.1 cm³/mol. The van der Waals surface area contributed by atoms with Crippen LogP contribution in [0, 0.1) is 10.1 Å². The highest BCUT2D eigenvalue weighted by molar-refractivity contribution is 8.01. The molecule has 0 spiro atoms. The number of pyridine rings is 1. The second-order valence-electron chi connectivity index (χ2n) is 2.49. The molecule has 0 saturated heterocycles. The molecule has 7 heteroatoms. The predicted octanol–water partition coefficient (Wildman–Crippen LogP) is 2.60. The van der Waals surface area contributed by atoms with Gasteiger partial charge in [0.15, 0.2) is 4.34 Å². The maximum absolute atomic E-state index is 10.4. The van der Waals surface area contributed by atoms with Crippen LogP contribution in [-0.2, 0) is 0 Å². The Balaban J connectivity index is 2.15. The summed E-state index contributed by atoms with van der Waals surface area (Å²) in [5.74, 6) is 0. The number of aromatic nitrogens is 2. The molecule has 2 aromatic rings. The van der Waals surface area contributed by atoms with E-state index in [1.807, 2.05) is 18.2 Å². The smallest absolute Gasteiger partial charge is 0.257 e. The number of nitrogens with zero attached hydrogens (tertiary/aromatic N) is 3. The maximum atomic E-state index is 10.4. The molecule has 0 aliphatic rings. The van der Waals surface area contributed by atoms with Gasteiger partial charge in [0, 0.05) is 6.20 Å². The molecule has 2 aromatic heterocycles. The SMILES string of the molecule is O=[N+]([O-])c1cnc(Sc2ccccn2)s1. The summed E-state index contributed by atoms with van der Waals surface area (Å²) in [7, 11) is 0. The van der Waals surface area contributed by atoms with E-state index < -0.39 is 4.92 Å². The molecule has 0 saturated carbocycles. The quantitative estimate of drug-likeness (QED) is 0.608. The van der Waals surface area contributed by atoms with Gasteiger partial charge in [-0.2, -0.15) is 0 Å². The van der Waals surface area contributed by atoms with E-state index in [0.717, 1.165) is 16.4 Å². The molecule has 15 heavy (non-hydrogen) atoms. The first-order valence-corrected chi connectivity index (χ1v) is 5.58. The van der Waals surface area contributed by atoms with Crippen molar-refractivity contribution in [2.45, 2.75) is 9.37 Å². The summed E-state index contributed by atoms with van der Waals surface area (Å²) in [6.07, 6.45) is 2.93. The van der Waals surface area contributed by atoms with Gasteiger partial charge in [0.05, 0.1) is 4.92 Å². The molecule has 0 N–H and O–H groups in total. The number of hydrogen-bond acceptors (Lipinski definition) is 6. The van der Waals surface area contributed by atoms with Gasteiger partial charge in [-0.1, -0.05) is 6.07 Å². The minimum Gasteiger partial charge on any atom is -0.257 e. The van der Waals surface area contributed by atoms with Gasteiger partial charge in [0.25, 0.3) is 0 Å². The summed E-state index contributed by atoms with van der Waals surface area (Å²) >= 11 is 2.37. The van der Waals surface area contributed by atoms with Crippen LogP contribution in [0.4, 0.5) is 5.00 Å². The molecule has 2 heterocycles. The molecule has 5 nitrogen and oxygen atoms in total. The number of thiazole rings is 1. The zero-order valence-corrected chi connectivity index (χ0v) is 8.99. The third kappa shape index (κ3) is 2.51. The second kappa shape index (κ2) is 4.37. The average molecular weight is 239 g/mol. The lowest BCUT2D eigenvalue weighted by atomic mass is 10.5. The van der Waals surface area contributed by atoms with Gasteiger partial charge in [-0.25, -0.2) is 9.97 Å². The van der Waals surface area contributed by atoms with Gasteiger partial charge in [-0.15, -0.1) is 0 Å². The van der Waals surface area contributed by atoms with Crippen molar-refractivity contribution in [2.75, 3.05) is 0 Å². The van der Waals surface area contributed by atoms with Gasteiger partial charge in [-0.3, -0.25) is 10.1 Å². The third-order valence-corrected chi connectivity index (χ3v) is 3.46. The molecule has 0 fully saturated rings. The average Bonchev–Trinajstić information content (AvgIpc) is 2.68. The summed E-state index contributed by atoms with van der Waals surface area (Å²) < 4.78 is 0.625. The van der Waals surface area contributed by atoms with Crippen molar-refractivity contribution in [3.8, 4) is 0 Å². The van der Waals surface area contributed by atoms with Gasteiger partial charge in [0.1, 0.15) is 11.2 Å². The van der Waals surface area contributed by atoms with E-state index >= 15 is 0 Å². The van der Waals surface area contributed by atoms with Crippen molar-refractivity contribution < 1.29 is 4.92 Å². The molecule has 0 atom stereocenters. The summed E-state index contributed by atoms with van der Waals surface area (Å²) in [4.78, 5) is 18.0. The van der Waals surface area contributed by atoms with Crippen molar-refractivity contribution in [1.29, 1.82) is 0 Å². The lowest BCUT2D eigenvalue weighted by Crippen LogP contribution is -1.80. The number of nitro groups is 1. The first-order chi connectivity index (χ1) is 7.25. The highest BCUT2D eigenvalue weighted by Gasteiger charge is 2.12. The monoisotopic (exact) mass is 239 g/mol. The molecule has 0 aliphatic carbocycles. The Morgan fingerprint density at radius 1 is 1.40 bits per heavy atom. The van der Waals surface area contributed by atoms with Crippen LogP contribution in [0.25, 0.3) is 0 Å². The Morgan fingerprint density at radius 3 is 2.87 bits per heavy atom. The Hall–Kier alpha value is -1.47. The van der Waals surface area contributed by atoms with E-state index in [4.69, 9.17) is 0 Å². The molecule has 0 bridgehead atoms. The van der Waals surface area contributed by atoms with Crippen LogP contribution >= 0.6 is 23.1 Å². The van der Waals surface area contributed by atoms with Crippen LogP contribution < -0.4 is 0 Å². The molecule has 0 aromatic carbocycles. The largest absolute Gasteiger partial charge is 0.344 e. The van der Waals surface area contributed by atoms with Crippen molar-refractivity contribution in [3.05, 3.63) is 40.7 Å². The van der Waals surface area contributed by atoms with Gasteiger partial charge >= 0.3 is 5.00 Å². The van der Waals surface area contributed by atoms with E-state index in [-0.39, 0.29) is 5.00 Å². The highest BCUT2D eigenvalue weighted by Crippen LogP contribution is 2.32. The first-order valence-electron chi connectivity index (χ1n) is 3.95. The molecule has 0 amide bonds. The number of hydrogen-bond donors (Lipinski definition) is 0. The Labute approximate surface area is 93.3 Å². The van der Waals surface area contributed by atoms with E-state index in [9.17, 15) is 10.1 Å². The molecule has 2 rings (SSSR count). The fraction of sp³-hybridized carbons (Fsp3) is 0. The molecule has 0 unspecified atom stereocenters. The van der Waals surface area contributed by atoms with Crippen molar-refractivity contribution >= 4 is 28.1 Å². The van der Waals surface area contributed by atoms with E-state index in [0.29, 0.717) is 4.34 Å². The first kappa shape index (κ1) is 10.1. The lowest BCUT2D eigenvalue weighted by Gasteiger charge is -1.93. The standard InChI is InChI=1S/C8H5N3O2S2/c12-11(13)7-5-10-8(15-7)14-6-3-1-2-4-9-6/h1-5H. The maximum Gasteiger partial charge on any atom is 0.344 e. The van der Waals surface area contributed by atoms with Gasteiger partial charge in [-0.05, 0) is 35.2 Å². The van der Waals surface area contributed by atoms with Crippen LogP contribution in [0.2, 0.25) is 0 Å². The fourth-order valence-corrected chi connectivity index (χ4v) is 2.57. The van der Waals surface area contributed by atoms with E-state index in [1.165, 1.54) is 18.0 Å². The minimum atomic E-state index is -0.444. The highest BCUT2D eigenvalue weighted by atomic mass is 32.2. The third-order valence-electron chi connectivity index (χ3n) is 1.48. The normalized spacial score (nSPS) is 10.1. The Morgan fingerprint density at radius 2 is 2.27 bits per heavy atom. The van der Waals surface area contributed by atoms with Crippen LogP contribution in [0.3, 0.4) is 0 Å². The Bertz CT molecular complexity index is 472. The zero-order chi connectivity index (χ0) is 10.7. The van der Waals surface area contributed by atoms with E-state index in [1.54, 1.807) is 6.20 Å². The van der Waals surface area contributed by atoms with E-state index in [2.05, 4.69) is 9.97 Å². The lowest BCUT2D eigenvalue weighted by molar-refractivity contribution is -0.380. The van der Waals surface area contributed by atoms with Crippen molar-refractivity contribution in [1.82, 2.24) is 9.97 Å². The van der Waals surface area contributed by atoms with Gasteiger partial charge in [0.2, 0.25) is 0 Å². The molecular weight excluding hydrogens is 234 g/mol. The van der Waals surface area contributed by atoms with Crippen LogP contribution in [0.1, 0.15) is 0 Å². The fourth-order valence-electron chi connectivity index (χ4n) is 0.879. The van der Waals surface area contributed by atoms with Crippen LogP contribution in [0.15, 0.2) is 40.0 Å². The summed E-state index contributed by atoms with van der Waals surface area (Å²) in [6.45, 7) is 0. The summed E-state index contributed by atoms with van der Waals surface area (Å²) in [5, 5.41) is 11.2. The summed E-state index contributed by atoms with van der Waals surface area (Å²) in [6, 6.07) is 5.50. The van der Waals surface area contributed by atoms with Crippen LogP contribution in [0.5, 0.6) is 0 Å². The molecule has 76 valence electrons. The number of rotatable bonds is 3. The summed E-state index contributed by atoms with van der Waals surface area (Å²) in [5.41, 5.74) is 0. The molecule has 0 radical (unpaired) electrons. The van der Waals surface area contributed by atoms with Crippen molar-refractivity contribution in [2.24, 2.45) is 0 Å². The second-order valence-corrected chi connectivity index (χ2v) is 4.77. The van der Waals surface area contributed by atoms with Gasteiger partial charge < -0.3 is 0 Å². The van der Waals surface area contributed by atoms with Crippen LogP contribution in [-0.4, -0.2) is 14.9 Å². The zero-order valence-electron chi connectivity index (χ0n) is 7.36. The molecule has 0 aliphatic heterocycles. The Kier molecular flexibility index (Phi) is 2.93. The molecular formula is C8H5N3O2S2. The topological polar surface area (TPSA) is 68.9 Å². The van der Waals surface area contributed by atoms with Crippen molar-refractivity contribution in [3.63, 3.8) is 0 Å². The minimum absolute atomic E-state index is 0.0495.